The van der Waals surface area contributed by atoms with Gasteiger partial charge in [-0.1, -0.05) is 97.7 Å². The number of carbonyl (C=O) groups is 4. The first-order valence-electron chi connectivity index (χ1n) is 17.6. The van der Waals surface area contributed by atoms with E-state index >= 15 is 0 Å². The number of hydrogen-bond donors (Lipinski definition) is 3. The molecular formula is C40H46Cl2N4O5. The number of fused-ring (bicyclic) bond motifs is 3. The summed E-state index contributed by atoms with van der Waals surface area (Å²) in [6.45, 7) is 4.43. The van der Waals surface area contributed by atoms with Crippen molar-refractivity contribution in [3.63, 3.8) is 0 Å². The van der Waals surface area contributed by atoms with E-state index in [1.54, 1.807) is 25.2 Å². The molecule has 0 unspecified atom stereocenters. The van der Waals surface area contributed by atoms with Crippen LogP contribution in [-0.4, -0.2) is 67.0 Å². The Morgan fingerprint density at radius 1 is 0.941 bits per heavy atom. The molecule has 3 atom stereocenters. The number of allylic oxidation sites excluding steroid dienone is 1. The number of alkyl carbamates (subject to hydrolysis) is 1. The van der Waals surface area contributed by atoms with Crippen LogP contribution in [0.4, 0.5) is 4.79 Å². The summed E-state index contributed by atoms with van der Waals surface area (Å²) >= 11 is 12.7. The molecule has 3 aromatic rings. The molecule has 0 spiro atoms. The fraction of sp³-hybridized carbons (Fsp3) is 0.400. The van der Waals surface area contributed by atoms with Crippen molar-refractivity contribution in [3.8, 4) is 11.1 Å². The molecule has 3 aromatic carbocycles. The van der Waals surface area contributed by atoms with Crippen molar-refractivity contribution in [2.24, 2.45) is 5.92 Å². The average Bonchev–Trinajstić information content (AvgIpc) is 3.43. The molecule has 9 nitrogen and oxygen atoms in total. The molecule has 0 radical (unpaired) electrons. The van der Waals surface area contributed by atoms with Crippen LogP contribution >= 0.6 is 23.2 Å². The van der Waals surface area contributed by atoms with Crippen LogP contribution in [-0.2, 0) is 25.5 Å². The number of benzene rings is 3. The van der Waals surface area contributed by atoms with E-state index in [2.05, 4.69) is 28.1 Å². The summed E-state index contributed by atoms with van der Waals surface area (Å²) in [5.74, 6) is -1.39. The van der Waals surface area contributed by atoms with Crippen LogP contribution in [0.15, 0.2) is 78.9 Å². The van der Waals surface area contributed by atoms with E-state index in [-0.39, 0.29) is 37.2 Å². The van der Waals surface area contributed by atoms with Crippen LogP contribution in [0.25, 0.3) is 11.1 Å². The Morgan fingerprint density at radius 2 is 1.63 bits per heavy atom. The minimum Gasteiger partial charge on any atom is -0.449 e. The maximum Gasteiger partial charge on any atom is 0.407 e. The van der Waals surface area contributed by atoms with E-state index in [0.717, 1.165) is 41.5 Å². The minimum atomic E-state index is -0.998. The van der Waals surface area contributed by atoms with E-state index in [1.807, 2.05) is 62.4 Å². The molecule has 5 rings (SSSR count). The second kappa shape index (κ2) is 17.7. The van der Waals surface area contributed by atoms with E-state index < -0.39 is 36.0 Å². The summed E-state index contributed by atoms with van der Waals surface area (Å²) in [7, 11) is 1.56. The summed E-state index contributed by atoms with van der Waals surface area (Å²) in [5, 5.41) is 9.53. The molecule has 1 heterocycles. The topological polar surface area (TPSA) is 117 Å². The molecule has 0 aromatic heterocycles. The highest BCUT2D eigenvalue weighted by molar-refractivity contribution is 6.33. The highest BCUT2D eigenvalue weighted by Gasteiger charge is 2.35. The molecule has 0 bridgehead atoms. The lowest BCUT2D eigenvalue weighted by Gasteiger charge is -2.32. The third-order valence-electron chi connectivity index (χ3n) is 9.45. The van der Waals surface area contributed by atoms with Gasteiger partial charge >= 0.3 is 6.09 Å². The molecule has 0 saturated heterocycles. The highest BCUT2D eigenvalue weighted by Crippen LogP contribution is 2.44. The third-order valence-corrected chi connectivity index (χ3v) is 10.1. The third kappa shape index (κ3) is 9.71. The van der Waals surface area contributed by atoms with Gasteiger partial charge in [-0.3, -0.25) is 14.4 Å². The second-order valence-corrected chi connectivity index (χ2v) is 14.5. The number of carbonyl (C=O) groups excluding carboxylic acids is 4. The maximum atomic E-state index is 14.1. The summed E-state index contributed by atoms with van der Waals surface area (Å²) < 4.78 is 5.77. The van der Waals surface area contributed by atoms with Gasteiger partial charge in [0.1, 0.15) is 24.7 Å². The zero-order valence-electron chi connectivity index (χ0n) is 29.3. The second-order valence-electron chi connectivity index (χ2n) is 13.6. The monoisotopic (exact) mass is 732 g/mol. The van der Waals surface area contributed by atoms with Gasteiger partial charge in [0.05, 0.1) is 0 Å². The lowest BCUT2D eigenvalue weighted by atomic mass is 9.98. The number of ether oxygens (including phenoxy) is 1. The molecule has 1 aliphatic heterocycles. The average molecular weight is 734 g/mol. The van der Waals surface area contributed by atoms with Crippen molar-refractivity contribution in [2.45, 2.75) is 76.4 Å². The number of amides is 4. The Balaban J connectivity index is 1.34. The van der Waals surface area contributed by atoms with Gasteiger partial charge in [0.25, 0.3) is 0 Å². The van der Waals surface area contributed by atoms with Gasteiger partial charge in [0, 0.05) is 36.0 Å². The largest absolute Gasteiger partial charge is 0.449 e. The normalized spacial score (nSPS) is 21.0. The fourth-order valence-electron chi connectivity index (χ4n) is 6.76. The van der Waals surface area contributed by atoms with Crippen LogP contribution in [0, 0.1) is 5.92 Å². The van der Waals surface area contributed by atoms with Crippen molar-refractivity contribution in [1.29, 1.82) is 0 Å². The molecule has 2 aliphatic rings. The van der Waals surface area contributed by atoms with Gasteiger partial charge in [-0.25, -0.2) is 4.79 Å². The smallest absolute Gasteiger partial charge is 0.407 e. The fourth-order valence-corrected chi connectivity index (χ4v) is 7.15. The Hall–Kier alpha value is -4.34. The van der Waals surface area contributed by atoms with Crippen LogP contribution < -0.4 is 16.0 Å². The number of nitrogens with one attached hydrogen (secondary N) is 3. The molecule has 51 heavy (non-hydrogen) atoms. The van der Waals surface area contributed by atoms with Crippen molar-refractivity contribution >= 4 is 47.0 Å². The lowest BCUT2D eigenvalue weighted by molar-refractivity contribution is -0.142. The van der Waals surface area contributed by atoms with Crippen LogP contribution in [0.2, 0.25) is 10.0 Å². The summed E-state index contributed by atoms with van der Waals surface area (Å²) in [6, 6.07) is 18.3. The van der Waals surface area contributed by atoms with Gasteiger partial charge < -0.3 is 25.6 Å². The van der Waals surface area contributed by atoms with Gasteiger partial charge in [-0.15, -0.1) is 0 Å². The van der Waals surface area contributed by atoms with Crippen LogP contribution in [0.3, 0.4) is 0 Å². The van der Waals surface area contributed by atoms with E-state index in [4.69, 9.17) is 27.9 Å². The van der Waals surface area contributed by atoms with E-state index in [0.29, 0.717) is 28.6 Å². The Labute approximate surface area is 310 Å². The number of halogens is 2. The Kier molecular flexibility index (Phi) is 13.2. The Morgan fingerprint density at radius 3 is 2.31 bits per heavy atom. The summed E-state index contributed by atoms with van der Waals surface area (Å²) in [4.78, 5) is 56.3. The maximum absolute atomic E-state index is 14.1. The van der Waals surface area contributed by atoms with E-state index in [9.17, 15) is 19.2 Å². The number of rotatable bonds is 7. The molecule has 3 N–H and O–H groups in total. The number of hydrogen-bond acceptors (Lipinski definition) is 5. The first-order chi connectivity index (χ1) is 24.5. The van der Waals surface area contributed by atoms with Crippen molar-refractivity contribution < 1.29 is 23.9 Å². The highest BCUT2D eigenvalue weighted by atomic mass is 35.5. The zero-order chi connectivity index (χ0) is 36.5. The first kappa shape index (κ1) is 37.9. The van der Waals surface area contributed by atoms with Crippen molar-refractivity contribution in [3.05, 3.63) is 106 Å². The van der Waals surface area contributed by atoms with Crippen molar-refractivity contribution in [2.75, 3.05) is 20.2 Å². The number of likely N-dealkylation sites (N-methyl/N-ethyl adjacent to an activating group) is 1. The first-order valence-corrected chi connectivity index (χ1v) is 18.3. The van der Waals surface area contributed by atoms with Crippen LogP contribution in [0.1, 0.15) is 68.6 Å². The predicted molar refractivity (Wildman–Crippen MR) is 201 cm³/mol. The molecule has 0 saturated carbocycles. The minimum absolute atomic E-state index is 0.0290. The van der Waals surface area contributed by atoms with Crippen molar-refractivity contribution in [1.82, 2.24) is 20.9 Å². The SMILES string of the molecule is CC(C)C[C@@H]1NC(=O)[C@@H](NC(=O)OCC2c3ccccc3-c3ccccc32)C/C=C\CCCCNC(=O)[C@H](Cc2cc(Cl)ccc2Cl)N(C)C1=O. The quantitative estimate of drug-likeness (QED) is 0.225. The molecule has 0 fully saturated rings. The molecule has 4 amide bonds. The van der Waals surface area contributed by atoms with Crippen LogP contribution in [0.5, 0.6) is 0 Å². The van der Waals surface area contributed by atoms with Gasteiger partial charge in [-0.2, -0.15) is 0 Å². The standard InChI is InChI=1S/C40H46Cl2N4O5/c1-25(2)21-35-39(49)46(3)36(23-26-22-27(41)18-19-33(26)42)38(48)43-20-12-6-4-5-7-17-34(37(47)44-35)45-40(50)51-24-32-30-15-10-8-13-28(30)29-14-9-11-16-31(29)32/h5,7-11,13-16,18-19,22,25,32,34-36H,4,6,12,17,20-21,23-24H2,1-3H3,(H,43,48)(H,44,47)(H,45,50)/b7-5-/t34-,35-,36-/m0/s1. The van der Waals surface area contributed by atoms with E-state index in [1.165, 1.54) is 4.90 Å². The lowest BCUT2D eigenvalue weighted by Crippen LogP contribution is -2.57. The summed E-state index contributed by atoms with van der Waals surface area (Å²) in [6.07, 6.45) is 5.99. The molecule has 11 heteroatoms. The predicted octanol–water partition coefficient (Wildman–Crippen LogP) is 7.05. The zero-order valence-corrected chi connectivity index (χ0v) is 30.8. The Bertz CT molecular complexity index is 1720. The molecule has 270 valence electrons. The van der Waals surface area contributed by atoms with Gasteiger partial charge in [0.2, 0.25) is 17.7 Å². The summed E-state index contributed by atoms with van der Waals surface area (Å²) in [5.41, 5.74) is 5.03. The molecule has 1 aliphatic carbocycles. The van der Waals surface area contributed by atoms with Gasteiger partial charge in [0.15, 0.2) is 0 Å². The molecular weight excluding hydrogens is 687 g/mol. The number of nitrogens with zero attached hydrogens (tertiary/aromatic N) is 1. The van der Waals surface area contributed by atoms with Gasteiger partial charge in [-0.05, 0) is 84.0 Å².